The highest BCUT2D eigenvalue weighted by molar-refractivity contribution is 5.60. The highest BCUT2D eigenvalue weighted by Gasteiger charge is 2.26. The minimum absolute atomic E-state index is 0.527. The van der Waals surface area contributed by atoms with Gasteiger partial charge in [-0.05, 0) is 32.5 Å². The monoisotopic (exact) mass is 278 g/mol. The summed E-state index contributed by atoms with van der Waals surface area (Å²) in [7, 11) is 1.66. The number of nitrogens with zero attached hydrogens (tertiary/aromatic N) is 2. The van der Waals surface area contributed by atoms with E-state index in [0.717, 1.165) is 43.2 Å². The Morgan fingerprint density at radius 2 is 2.15 bits per heavy atom. The van der Waals surface area contributed by atoms with Gasteiger partial charge in [0.05, 0.1) is 13.2 Å². The first-order chi connectivity index (χ1) is 9.58. The van der Waals surface area contributed by atoms with E-state index in [9.17, 15) is 5.11 Å². The van der Waals surface area contributed by atoms with Crippen molar-refractivity contribution in [3.8, 4) is 5.75 Å². The minimum Gasteiger partial charge on any atom is -0.496 e. The van der Waals surface area contributed by atoms with Crippen LogP contribution in [-0.2, 0) is 0 Å². The molecule has 1 heterocycles. The van der Waals surface area contributed by atoms with Crippen molar-refractivity contribution in [3.63, 3.8) is 0 Å². The van der Waals surface area contributed by atoms with Gasteiger partial charge in [0.1, 0.15) is 5.75 Å². The maximum Gasteiger partial charge on any atom is 0.126 e. The molecule has 1 N–H and O–H groups in total. The molecular weight excluding hydrogens is 252 g/mol. The molecule has 1 unspecified atom stereocenters. The lowest BCUT2D eigenvalue weighted by atomic mass is 10.0. The van der Waals surface area contributed by atoms with E-state index in [4.69, 9.17) is 4.74 Å². The van der Waals surface area contributed by atoms with Crippen LogP contribution in [0.5, 0.6) is 5.75 Å². The van der Waals surface area contributed by atoms with Gasteiger partial charge >= 0.3 is 0 Å². The van der Waals surface area contributed by atoms with Crippen LogP contribution < -0.4 is 9.64 Å². The lowest BCUT2D eigenvalue weighted by molar-refractivity contribution is 0.189. The maximum absolute atomic E-state index is 10.1. The van der Waals surface area contributed by atoms with E-state index in [0.29, 0.717) is 6.04 Å². The third-order valence-corrected chi connectivity index (χ3v) is 4.19. The largest absolute Gasteiger partial charge is 0.496 e. The Labute approximate surface area is 122 Å². The Hall–Kier alpha value is -1.26. The van der Waals surface area contributed by atoms with Gasteiger partial charge in [0.25, 0.3) is 0 Å². The number of rotatable bonds is 4. The van der Waals surface area contributed by atoms with E-state index in [1.807, 2.05) is 12.1 Å². The summed E-state index contributed by atoms with van der Waals surface area (Å²) in [5.74, 6) is 0.767. The molecule has 0 radical (unpaired) electrons. The van der Waals surface area contributed by atoms with Gasteiger partial charge in [-0.3, -0.25) is 4.90 Å². The second-order valence-corrected chi connectivity index (χ2v) is 5.49. The Bertz CT molecular complexity index is 448. The van der Waals surface area contributed by atoms with Gasteiger partial charge in [-0.1, -0.05) is 13.0 Å². The summed E-state index contributed by atoms with van der Waals surface area (Å²) in [6.45, 7) is 10.4. The zero-order valence-corrected chi connectivity index (χ0v) is 13.0. The molecule has 1 aromatic rings. The number of methoxy groups -OCH3 is 1. The van der Waals surface area contributed by atoms with Gasteiger partial charge in [-0.2, -0.15) is 0 Å². The summed E-state index contributed by atoms with van der Waals surface area (Å²) in [6, 6.07) is 6.52. The maximum atomic E-state index is 10.1. The Kier molecular flexibility index (Phi) is 4.89. The summed E-state index contributed by atoms with van der Waals surface area (Å²) in [5, 5.41) is 10.1. The number of likely N-dealkylation sites (N-methyl/N-ethyl adjacent to an activating group) is 1. The summed E-state index contributed by atoms with van der Waals surface area (Å²) in [4.78, 5) is 4.85. The predicted molar refractivity (Wildman–Crippen MR) is 82.5 cm³/mol. The molecule has 1 aliphatic heterocycles. The average molecular weight is 278 g/mol. The molecule has 0 spiro atoms. The Morgan fingerprint density at radius 3 is 2.70 bits per heavy atom. The number of benzene rings is 1. The molecule has 2 rings (SSSR count). The standard InChI is InChI=1S/C16H26N2O2/c1-5-17-9-10-18(11-12(17)2)14-7-6-8-15(20-4)16(14)13(3)19/h6-8,12-13,19H,5,9-11H2,1-4H3/t12?,13-/m1/s1. The molecule has 2 atom stereocenters. The molecule has 1 aromatic carbocycles. The SMILES string of the molecule is CCN1CCN(c2cccc(OC)c2[C@@H](C)O)CC1C. The zero-order chi connectivity index (χ0) is 14.7. The van der Waals surface area contributed by atoms with Crippen molar-refractivity contribution in [1.82, 2.24) is 4.90 Å². The fourth-order valence-corrected chi connectivity index (χ4v) is 3.09. The molecule has 4 nitrogen and oxygen atoms in total. The number of hydrogen-bond acceptors (Lipinski definition) is 4. The highest BCUT2D eigenvalue weighted by Crippen LogP contribution is 2.35. The fraction of sp³-hybridized carbons (Fsp3) is 0.625. The third-order valence-electron chi connectivity index (χ3n) is 4.19. The van der Waals surface area contributed by atoms with Crippen LogP contribution in [0.4, 0.5) is 5.69 Å². The Morgan fingerprint density at radius 1 is 1.40 bits per heavy atom. The minimum atomic E-state index is -0.527. The van der Waals surface area contributed by atoms with Crippen LogP contribution in [0.2, 0.25) is 0 Å². The summed E-state index contributed by atoms with van der Waals surface area (Å²) in [6.07, 6.45) is -0.527. The number of aliphatic hydroxyl groups is 1. The second kappa shape index (κ2) is 6.46. The quantitative estimate of drug-likeness (QED) is 0.916. The molecule has 0 aliphatic carbocycles. The van der Waals surface area contributed by atoms with Gasteiger partial charge in [-0.15, -0.1) is 0 Å². The molecule has 20 heavy (non-hydrogen) atoms. The first kappa shape index (κ1) is 15.1. The summed E-state index contributed by atoms with van der Waals surface area (Å²) in [5.41, 5.74) is 1.99. The fourth-order valence-electron chi connectivity index (χ4n) is 3.09. The van der Waals surface area contributed by atoms with Gasteiger partial charge in [0, 0.05) is 36.9 Å². The van der Waals surface area contributed by atoms with Crippen LogP contribution in [0.25, 0.3) is 0 Å². The van der Waals surface area contributed by atoms with E-state index in [1.54, 1.807) is 14.0 Å². The molecule has 1 fully saturated rings. The first-order valence-corrected chi connectivity index (χ1v) is 7.42. The molecule has 1 saturated heterocycles. The van der Waals surface area contributed by atoms with Crippen molar-refractivity contribution < 1.29 is 9.84 Å². The molecule has 4 heteroatoms. The van der Waals surface area contributed by atoms with E-state index in [2.05, 4.69) is 29.7 Å². The van der Waals surface area contributed by atoms with Crippen LogP contribution in [0, 0.1) is 0 Å². The lowest BCUT2D eigenvalue weighted by Crippen LogP contribution is -2.52. The van der Waals surface area contributed by atoms with Crippen molar-refractivity contribution in [2.45, 2.75) is 32.9 Å². The van der Waals surface area contributed by atoms with Crippen molar-refractivity contribution in [2.75, 3.05) is 38.2 Å². The first-order valence-electron chi connectivity index (χ1n) is 7.42. The number of piperazine rings is 1. The van der Waals surface area contributed by atoms with Gasteiger partial charge in [-0.25, -0.2) is 0 Å². The van der Waals surface area contributed by atoms with Crippen LogP contribution in [0.1, 0.15) is 32.4 Å². The normalized spacial score (nSPS) is 21.9. The summed E-state index contributed by atoms with van der Waals surface area (Å²) < 4.78 is 5.41. The number of ether oxygens (including phenoxy) is 1. The van der Waals surface area contributed by atoms with Crippen molar-refractivity contribution in [3.05, 3.63) is 23.8 Å². The smallest absolute Gasteiger partial charge is 0.126 e. The lowest BCUT2D eigenvalue weighted by Gasteiger charge is -2.41. The number of aliphatic hydroxyl groups excluding tert-OH is 1. The zero-order valence-electron chi connectivity index (χ0n) is 13.0. The molecule has 1 aliphatic rings. The van der Waals surface area contributed by atoms with Gasteiger partial charge in [0.15, 0.2) is 0 Å². The van der Waals surface area contributed by atoms with E-state index in [1.165, 1.54) is 0 Å². The molecular formula is C16H26N2O2. The van der Waals surface area contributed by atoms with Crippen molar-refractivity contribution >= 4 is 5.69 Å². The van der Waals surface area contributed by atoms with Crippen LogP contribution in [-0.4, -0.2) is 49.3 Å². The molecule has 0 saturated carbocycles. The van der Waals surface area contributed by atoms with Crippen molar-refractivity contribution in [1.29, 1.82) is 0 Å². The van der Waals surface area contributed by atoms with Gasteiger partial charge in [0.2, 0.25) is 0 Å². The molecule has 0 bridgehead atoms. The number of hydrogen-bond donors (Lipinski definition) is 1. The predicted octanol–water partition coefficient (Wildman–Crippen LogP) is 2.28. The molecule has 112 valence electrons. The average Bonchev–Trinajstić information content (AvgIpc) is 2.46. The van der Waals surface area contributed by atoms with Crippen LogP contribution in [0.15, 0.2) is 18.2 Å². The number of anilines is 1. The van der Waals surface area contributed by atoms with E-state index < -0.39 is 6.10 Å². The Balaban J connectivity index is 2.29. The van der Waals surface area contributed by atoms with Gasteiger partial charge < -0.3 is 14.7 Å². The van der Waals surface area contributed by atoms with Crippen LogP contribution >= 0.6 is 0 Å². The third kappa shape index (κ3) is 2.91. The highest BCUT2D eigenvalue weighted by atomic mass is 16.5. The summed E-state index contributed by atoms with van der Waals surface area (Å²) >= 11 is 0. The molecule has 0 aromatic heterocycles. The van der Waals surface area contributed by atoms with E-state index in [-0.39, 0.29) is 0 Å². The van der Waals surface area contributed by atoms with Crippen LogP contribution in [0.3, 0.4) is 0 Å². The van der Waals surface area contributed by atoms with E-state index >= 15 is 0 Å². The van der Waals surface area contributed by atoms with Crippen molar-refractivity contribution in [2.24, 2.45) is 0 Å². The topological polar surface area (TPSA) is 35.9 Å². The second-order valence-electron chi connectivity index (χ2n) is 5.49. The molecule has 0 amide bonds.